The molecule has 0 spiro atoms. The summed E-state index contributed by atoms with van der Waals surface area (Å²) in [4.78, 5) is 28.1. The van der Waals surface area contributed by atoms with Crippen molar-refractivity contribution in [3.8, 4) is 5.75 Å². The molecule has 0 aliphatic rings. The molecule has 0 saturated heterocycles. The van der Waals surface area contributed by atoms with E-state index in [1.165, 1.54) is 5.56 Å². The van der Waals surface area contributed by atoms with Crippen LogP contribution in [0.3, 0.4) is 0 Å². The summed E-state index contributed by atoms with van der Waals surface area (Å²) in [5.74, 6) is 2.06. The van der Waals surface area contributed by atoms with Gasteiger partial charge in [0, 0.05) is 37.9 Å². The van der Waals surface area contributed by atoms with E-state index in [0.29, 0.717) is 25.1 Å². The van der Waals surface area contributed by atoms with Crippen LogP contribution in [-0.4, -0.2) is 42.7 Å². The molecule has 0 unspecified atom stereocenters. The lowest BCUT2D eigenvalue weighted by Crippen LogP contribution is -2.49. The quantitative estimate of drug-likeness (QED) is 0.385. The van der Waals surface area contributed by atoms with E-state index in [9.17, 15) is 9.59 Å². The molecule has 34 heavy (non-hydrogen) atoms. The Hall–Kier alpha value is -3.25. The van der Waals surface area contributed by atoms with Crippen LogP contribution in [0.2, 0.25) is 0 Å². The van der Waals surface area contributed by atoms with Crippen LogP contribution in [0.25, 0.3) is 0 Å². The fourth-order valence-corrected chi connectivity index (χ4v) is 4.65. The molecular weight excluding hydrogens is 444 g/mol. The molecule has 0 saturated carbocycles. The van der Waals surface area contributed by atoms with Gasteiger partial charge in [-0.25, -0.2) is 0 Å². The Morgan fingerprint density at radius 3 is 2.21 bits per heavy atom. The van der Waals surface area contributed by atoms with Gasteiger partial charge in [0.05, 0.1) is 7.11 Å². The molecule has 2 amide bonds. The third-order valence-electron chi connectivity index (χ3n) is 5.58. The number of likely N-dealkylation sites (N-methyl/N-ethyl adjacent to an activating group) is 1. The predicted octanol–water partition coefficient (Wildman–Crippen LogP) is 4.70. The van der Waals surface area contributed by atoms with Crippen molar-refractivity contribution in [1.29, 1.82) is 0 Å². The van der Waals surface area contributed by atoms with Gasteiger partial charge in [-0.3, -0.25) is 9.59 Å². The summed E-state index contributed by atoms with van der Waals surface area (Å²) in [7, 11) is 3.24. The molecule has 0 radical (unpaired) electrons. The number of ether oxygens (including phenoxy) is 1. The summed E-state index contributed by atoms with van der Waals surface area (Å²) in [5.41, 5.74) is 3.17. The average Bonchev–Trinajstić information content (AvgIpc) is 2.89. The molecule has 3 aromatic rings. The highest BCUT2D eigenvalue weighted by atomic mass is 32.2. The van der Waals surface area contributed by atoms with Crippen molar-refractivity contribution in [1.82, 2.24) is 10.2 Å². The van der Waals surface area contributed by atoms with Gasteiger partial charge in [-0.05, 0) is 28.8 Å². The Bertz CT molecular complexity index is 1040. The van der Waals surface area contributed by atoms with Crippen molar-refractivity contribution >= 4 is 23.6 Å². The highest BCUT2D eigenvalue weighted by Crippen LogP contribution is 2.20. The van der Waals surface area contributed by atoms with Crippen LogP contribution >= 0.6 is 11.8 Å². The number of nitrogens with zero attached hydrogens (tertiary/aromatic N) is 1. The third-order valence-corrected chi connectivity index (χ3v) is 6.61. The van der Waals surface area contributed by atoms with Crippen molar-refractivity contribution in [3.05, 3.63) is 102 Å². The van der Waals surface area contributed by atoms with E-state index >= 15 is 0 Å². The number of benzene rings is 3. The maximum absolute atomic E-state index is 13.5. The number of nitrogens with one attached hydrogen (secondary N) is 1. The standard InChI is InChI=1S/C28H32N2O3S/c1-29-28(32)26(19-22-10-5-3-6-11-22)30(20-24-14-9-15-25(18-24)33-2)27(31)16-17-34-21-23-12-7-4-8-13-23/h3-15,18,26H,16-17,19-21H2,1-2H3,(H,29,32)/t26-/m1/s1. The fourth-order valence-electron chi connectivity index (χ4n) is 3.76. The number of carbonyl (C=O) groups is 2. The van der Waals surface area contributed by atoms with E-state index in [0.717, 1.165) is 22.6 Å². The smallest absolute Gasteiger partial charge is 0.242 e. The van der Waals surface area contributed by atoms with Gasteiger partial charge < -0.3 is 15.0 Å². The van der Waals surface area contributed by atoms with Gasteiger partial charge >= 0.3 is 0 Å². The molecule has 1 N–H and O–H groups in total. The highest BCUT2D eigenvalue weighted by Gasteiger charge is 2.29. The zero-order valence-corrected chi connectivity index (χ0v) is 20.6. The molecule has 3 rings (SSSR count). The van der Waals surface area contributed by atoms with Crippen LogP contribution in [0.1, 0.15) is 23.1 Å². The summed E-state index contributed by atoms with van der Waals surface area (Å²) in [6.45, 7) is 0.338. The molecule has 3 aromatic carbocycles. The van der Waals surface area contributed by atoms with E-state index in [1.54, 1.807) is 30.8 Å². The number of rotatable bonds is 12. The van der Waals surface area contributed by atoms with Crippen molar-refractivity contribution in [2.24, 2.45) is 0 Å². The van der Waals surface area contributed by atoms with Crippen LogP contribution in [0.5, 0.6) is 5.75 Å². The molecular formula is C28H32N2O3S. The summed E-state index contributed by atoms with van der Waals surface area (Å²) < 4.78 is 5.36. The Labute approximate surface area is 206 Å². The first-order valence-corrected chi connectivity index (χ1v) is 12.6. The number of carbonyl (C=O) groups excluding carboxylic acids is 2. The largest absolute Gasteiger partial charge is 0.497 e. The minimum atomic E-state index is -0.606. The Morgan fingerprint density at radius 2 is 1.56 bits per heavy atom. The molecule has 6 heteroatoms. The third kappa shape index (κ3) is 7.66. The topological polar surface area (TPSA) is 58.6 Å². The second-order valence-corrected chi connectivity index (χ2v) is 9.09. The first-order chi connectivity index (χ1) is 16.6. The van der Waals surface area contributed by atoms with Gasteiger partial charge in [0.15, 0.2) is 0 Å². The lowest BCUT2D eigenvalue weighted by molar-refractivity contribution is -0.140. The van der Waals surface area contributed by atoms with E-state index in [4.69, 9.17) is 4.74 Å². The van der Waals surface area contributed by atoms with E-state index in [1.807, 2.05) is 72.8 Å². The summed E-state index contributed by atoms with van der Waals surface area (Å²) in [6, 6.07) is 27.1. The Kier molecular flexibility index (Phi) is 10.0. The van der Waals surface area contributed by atoms with Crippen molar-refractivity contribution in [2.45, 2.75) is 31.2 Å². The molecule has 0 bridgehead atoms. The first kappa shape index (κ1) is 25.4. The highest BCUT2D eigenvalue weighted by molar-refractivity contribution is 7.98. The zero-order valence-electron chi connectivity index (χ0n) is 19.8. The molecule has 0 aliphatic carbocycles. The number of hydrogen-bond acceptors (Lipinski definition) is 4. The zero-order chi connectivity index (χ0) is 24.2. The van der Waals surface area contributed by atoms with Crippen molar-refractivity contribution < 1.29 is 14.3 Å². The molecule has 178 valence electrons. The monoisotopic (exact) mass is 476 g/mol. The van der Waals surface area contributed by atoms with Crippen LogP contribution < -0.4 is 10.1 Å². The average molecular weight is 477 g/mol. The van der Waals surface area contributed by atoms with Gasteiger partial charge in [-0.1, -0.05) is 72.8 Å². The molecule has 0 heterocycles. The lowest BCUT2D eigenvalue weighted by atomic mass is 10.0. The number of methoxy groups -OCH3 is 1. The number of thioether (sulfide) groups is 1. The van der Waals surface area contributed by atoms with E-state index < -0.39 is 6.04 Å². The van der Waals surface area contributed by atoms with E-state index in [2.05, 4.69) is 17.4 Å². The van der Waals surface area contributed by atoms with Crippen LogP contribution in [0, 0.1) is 0 Å². The molecule has 1 atom stereocenters. The van der Waals surface area contributed by atoms with Gasteiger partial charge in [0.1, 0.15) is 11.8 Å². The molecule has 5 nitrogen and oxygen atoms in total. The molecule has 0 aromatic heterocycles. The van der Waals surface area contributed by atoms with Gasteiger partial charge in [0.2, 0.25) is 11.8 Å². The van der Waals surface area contributed by atoms with Crippen LogP contribution in [0.4, 0.5) is 0 Å². The molecule has 0 fully saturated rings. The summed E-state index contributed by atoms with van der Waals surface area (Å²) in [6.07, 6.45) is 0.817. The maximum atomic E-state index is 13.5. The van der Waals surface area contributed by atoms with Crippen LogP contribution in [-0.2, 0) is 28.3 Å². The molecule has 0 aliphatic heterocycles. The number of hydrogen-bond donors (Lipinski definition) is 1. The lowest BCUT2D eigenvalue weighted by Gasteiger charge is -2.31. The van der Waals surface area contributed by atoms with Gasteiger partial charge in [0.25, 0.3) is 0 Å². The SMILES string of the molecule is CNC(=O)[C@@H](Cc1ccccc1)N(Cc1cccc(OC)c1)C(=O)CCSCc1ccccc1. The van der Waals surface area contributed by atoms with Gasteiger partial charge in [-0.2, -0.15) is 11.8 Å². The minimum Gasteiger partial charge on any atom is -0.497 e. The first-order valence-electron chi connectivity index (χ1n) is 11.4. The number of amides is 2. The second-order valence-electron chi connectivity index (χ2n) is 7.98. The van der Waals surface area contributed by atoms with E-state index in [-0.39, 0.29) is 11.8 Å². The van der Waals surface area contributed by atoms with Crippen LogP contribution in [0.15, 0.2) is 84.9 Å². The summed E-state index contributed by atoms with van der Waals surface area (Å²) >= 11 is 1.73. The maximum Gasteiger partial charge on any atom is 0.242 e. The normalized spacial score (nSPS) is 11.5. The second kappa shape index (κ2) is 13.5. The predicted molar refractivity (Wildman–Crippen MR) is 139 cm³/mol. The van der Waals surface area contributed by atoms with Gasteiger partial charge in [-0.15, -0.1) is 0 Å². The van der Waals surface area contributed by atoms with Crippen molar-refractivity contribution in [2.75, 3.05) is 19.9 Å². The Morgan fingerprint density at radius 1 is 0.912 bits per heavy atom. The minimum absolute atomic E-state index is 0.0343. The fraction of sp³-hybridized carbons (Fsp3) is 0.286. The summed E-state index contributed by atoms with van der Waals surface area (Å²) in [5, 5.41) is 2.76. The Balaban J connectivity index is 1.77. The van der Waals surface area contributed by atoms with Crippen molar-refractivity contribution in [3.63, 3.8) is 0 Å².